The third-order valence-corrected chi connectivity index (χ3v) is 5.91. The molecule has 2 aromatic rings. The molecule has 5 nitrogen and oxygen atoms in total. The molecule has 0 amide bonds. The summed E-state index contributed by atoms with van der Waals surface area (Å²) in [7, 11) is 0. The van der Waals surface area contributed by atoms with Crippen LogP contribution < -0.4 is 4.72 Å². The van der Waals surface area contributed by atoms with Gasteiger partial charge < -0.3 is 4.90 Å². The van der Waals surface area contributed by atoms with Crippen molar-refractivity contribution in [2.45, 2.75) is 19.0 Å². The van der Waals surface area contributed by atoms with Gasteiger partial charge in [0.1, 0.15) is 0 Å². The summed E-state index contributed by atoms with van der Waals surface area (Å²) in [5.41, 5.74) is 4.41. The molecule has 0 spiro atoms. The van der Waals surface area contributed by atoms with Crippen molar-refractivity contribution >= 4 is 16.9 Å². The molecule has 2 atom stereocenters. The Kier molecular flexibility index (Phi) is 3.97. The van der Waals surface area contributed by atoms with Crippen molar-refractivity contribution in [1.29, 1.82) is 5.26 Å². The SMILES string of the molecule is N#CN1CCC(N2Cc3cc(-c4ccccc4)ccc3NS2=O)C1. The van der Waals surface area contributed by atoms with Crippen molar-refractivity contribution in [2.24, 2.45) is 0 Å². The summed E-state index contributed by atoms with van der Waals surface area (Å²) in [6.45, 7) is 2.03. The molecule has 0 radical (unpaired) electrons. The summed E-state index contributed by atoms with van der Waals surface area (Å²) < 4.78 is 17.6. The number of benzene rings is 2. The molecule has 122 valence electrons. The van der Waals surface area contributed by atoms with Crippen molar-refractivity contribution in [1.82, 2.24) is 9.21 Å². The average Bonchev–Trinajstić information content (AvgIpc) is 3.10. The summed E-state index contributed by atoms with van der Waals surface area (Å²) in [4.78, 5) is 1.73. The molecule has 1 saturated heterocycles. The molecule has 0 aromatic heterocycles. The summed E-state index contributed by atoms with van der Waals surface area (Å²) in [5.74, 6) is 0. The van der Waals surface area contributed by atoms with Crippen LogP contribution in [0.1, 0.15) is 12.0 Å². The van der Waals surface area contributed by atoms with Crippen LogP contribution in [0.4, 0.5) is 5.69 Å². The van der Waals surface area contributed by atoms with Gasteiger partial charge in [-0.2, -0.15) is 9.57 Å². The molecular weight excluding hydrogens is 320 g/mol. The fourth-order valence-electron chi connectivity index (χ4n) is 3.35. The maximum atomic E-state index is 12.5. The van der Waals surface area contributed by atoms with Crippen molar-refractivity contribution in [3.63, 3.8) is 0 Å². The third-order valence-electron chi connectivity index (χ3n) is 4.66. The third kappa shape index (κ3) is 2.77. The number of hydrogen-bond donors (Lipinski definition) is 1. The maximum absolute atomic E-state index is 12.5. The zero-order valence-corrected chi connectivity index (χ0v) is 14.0. The monoisotopic (exact) mass is 338 g/mol. The Hall–Kier alpha value is -2.36. The highest BCUT2D eigenvalue weighted by molar-refractivity contribution is 7.84. The highest BCUT2D eigenvalue weighted by atomic mass is 32.2. The normalized spacial score (nSPS) is 23.4. The van der Waals surface area contributed by atoms with Crippen LogP contribution in [-0.4, -0.2) is 32.5 Å². The van der Waals surface area contributed by atoms with Gasteiger partial charge in [-0.15, -0.1) is 0 Å². The first-order chi connectivity index (χ1) is 11.7. The Balaban J connectivity index is 1.61. The number of hydrogen-bond acceptors (Lipinski definition) is 3. The minimum Gasteiger partial charge on any atom is -0.309 e. The van der Waals surface area contributed by atoms with Crippen LogP contribution in [0.2, 0.25) is 0 Å². The Morgan fingerprint density at radius 2 is 2.00 bits per heavy atom. The van der Waals surface area contributed by atoms with Crippen LogP contribution in [0.3, 0.4) is 0 Å². The first kappa shape index (κ1) is 15.2. The Morgan fingerprint density at radius 1 is 1.17 bits per heavy atom. The van der Waals surface area contributed by atoms with E-state index in [0.29, 0.717) is 13.1 Å². The zero-order valence-electron chi connectivity index (χ0n) is 13.2. The van der Waals surface area contributed by atoms with E-state index in [0.717, 1.165) is 29.8 Å². The van der Waals surface area contributed by atoms with Crippen LogP contribution in [0.15, 0.2) is 48.5 Å². The van der Waals surface area contributed by atoms with Gasteiger partial charge in [-0.05, 0) is 35.2 Å². The van der Waals surface area contributed by atoms with Crippen LogP contribution in [0.25, 0.3) is 11.1 Å². The molecule has 1 fully saturated rings. The number of rotatable bonds is 2. The summed E-state index contributed by atoms with van der Waals surface area (Å²) in [5, 5.41) is 9.03. The number of nitriles is 1. The lowest BCUT2D eigenvalue weighted by Gasteiger charge is -2.32. The standard InChI is InChI=1S/C18H18N4OS/c19-13-21-9-8-17(12-21)22-11-16-10-15(14-4-2-1-3-5-14)6-7-18(16)20-24(22)23/h1-7,10,17,20H,8-9,11-12H2. The van der Waals surface area contributed by atoms with E-state index >= 15 is 0 Å². The molecule has 6 heteroatoms. The quantitative estimate of drug-likeness (QED) is 0.857. The lowest BCUT2D eigenvalue weighted by molar-refractivity contribution is 0.330. The highest BCUT2D eigenvalue weighted by Crippen LogP contribution is 2.32. The van der Waals surface area contributed by atoms with Gasteiger partial charge in [0.05, 0.1) is 5.69 Å². The first-order valence-corrected chi connectivity index (χ1v) is 9.13. The topological polar surface area (TPSA) is 59.4 Å². The van der Waals surface area contributed by atoms with Crippen molar-refractivity contribution in [2.75, 3.05) is 17.8 Å². The molecule has 24 heavy (non-hydrogen) atoms. The molecule has 1 N–H and O–H groups in total. The van der Waals surface area contributed by atoms with Crippen LogP contribution >= 0.6 is 0 Å². The second kappa shape index (κ2) is 6.27. The number of likely N-dealkylation sites (tertiary alicyclic amines) is 1. The smallest absolute Gasteiger partial charge is 0.197 e. The van der Waals surface area contributed by atoms with Gasteiger partial charge in [0.25, 0.3) is 0 Å². The number of nitrogens with one attached hydrogen (secondary N) is 1. The van der Waals surface area contributed by atoms with Crippen LogP contribution in [-0.2, 0) is 17.7 Å². The Morgan fingerprint density at radius 3 is 2.75 bits per heavy atom. The van der Waals surface area contributed by atoms with E-state index in [-0.39, 0.29) is 6.04 Å². The highest BCUT2D eigenvalue weighted by Gasteiger charge is 2.33. The minimum absolute atomic E-state index is 0.145. The van der Waals surface area contributed by atoms with Crippen LogP contribution in [0.5, 0.6) is 0 Å². The van der Waals surface area contributed by atoms with Gasteiger partial charge in [-0.3, -0.25) is 4.72 Å². The molecule has 0 saturated carbocycles. The van der Waals surface area contributed by atoms with E-state index in [1.54, 1.807) is 4.90 Å². The molecule has 2 aromatic carbocycles. The molecule has 2 aliphatic heterocycles. The Bertz CT molecular complexity index is 818. The van der Waals surface area contributed by atoms with E-state index in [4.69, 9.17) is 5.26 Å². The van der Waals surface area contributed by atoms with Gasteiger partial charge in [-0.25, -0.2) is 4.21 Å². The lowest BCUT2D eigenvalue weighted by atomic mass is 10.0. The van der Waals surface area contributed by atoms with Crippen molar-refractivity contribution < 1.29 is 4.21 Å². The number of anilines is 1. The molecule has 0 bridgehead atoms. The van der Waals surface area contributed by atoms with Gasteiger partial charge in [-0.1, -0.05) is 36.4 Å². The van der Waals surface area contributed by atoms with Crippen molar-refractivity contribution in [3.05, 3.63) is 54.1 Å². The summed E-state index contributed by atoms with van der Waals surface area (Å²) in [6, 6.07) is 16.6. The van der Waals surface area contributed by atoms with E-state index < -0.39 is 11.2 Å². The zero-order chi connectivity index (χ0) is 16.5. The van der Waals surface area contributed by atoms with E-state index in [1.807, 2.05) is 28.6 Å². The predicted molar refractivity (Wildman–Crippen MR) is 94.8 cm³/mol. The second-order valence-corrected chi connectivity index (χ2v) is 7.32. The fourth-order valence-corrected chi connectivity index (χ4v) is 4.55. The van der Waals surface area contributed by atoms with Crippen molar-refractivity contribution in [3.8, 4) is 17.3 Å². The summed E-state index contributed by atoms with van der Waals surface area (Å²) in [6.07, 6.45) is 3.05. The molecule has 2 heterocycles. The second-order valence-electron chi connectivity index (χ2n) is 6.15. The van der Waals surface area contributed by atoms with Crippen LogP contribution in [0, 0.1) is 11.5 Å². The van der Waals surface area contributed by atoms with Gasteiger partial charge in [0, 0.05) is 25.7 Å². The van der Waals surface area contributed by atoms with E-state index in [9.17, 15) is 4.21 Å². The minimum atomic E-state index is -1.25. The maximum Gasteiger partial charge on any atom is 0.197 e. The Labute approximate surface area is 144 Å². The predicted octanol–water partition coefficient (Wildman–Crippen LogP) is 2.72. The fraction of sp³-hybridized carbons (Fsp3) is 0.278. The average molecular weight is 338 g/mol. The van der Waals surface area contributed by atoms with Gasteiger partial charge in [0.15, 0.2) is 17.4 Å². The largest absolute Gasteiger partial charge is 0.309 e. The lowest BCUT2D eigenvalue weighted by Crippen LogP contribution is -2.43. The number of nitrogens with zero attached hydrogens (tertiary/aromatic N) is 3. The molecule has 2 unspecified atom stereocenters. The molecule has 0 aliphatic carbocycles. The van der Waals surface area contributed by atoms with E-state index in [1.165, 1.54) is 5.56 Å². The molecule has 2 aliphatic rings. The molecule has 4 rings (SSSR count). The summed E-state index contributed by atoms with van der Waals surface area (Å²) >= 11 is -1.25. The van der Waals surface area contributed by atoms with Gasteiger partial charge >= 0.3 is 0 Å². The number of fused-ring (bicyclic) bond motifs is 1. The molecular formula is C18H18N4OS. The van der Waals surface area contributed by atoms with Gasteiger partial charge in [0.2, 0.25) is 0 Å². The first-order valence-electron chi connectivity index (χ1n) is 8.03. The van der Waals surface area contributed by atoms with E-state index in [2.05, 4.69) is 35.2 Å².